The average Bonchev–Trinajstić information content (AvgIpc) is 3.65. The molecule has 1 amide bonds. The third kappa shape index (κ3) is 5.98. The minimum Gasteiger partial charge on any atom is -0.475 e. The van der Waals surface area contributed by atoms with Gasteiger partial charge in [-0.05, 0) is 42.0 Å². The van der Waals surface area contributed by atoms with Crippen molar-refractivity contribution < 1.29 is 41.9 Å². The Morgan fingerprint density at radius 3 is 2.50 bits per heavy atom. The summed E-state index contributed by atoms with van der Waals surface area (Å²) in [7, 11) is 0. The van der Waals surface area contributed by atoms with Gasteiger partial charge in [-0.1, -0.05) is 28.9 Å². The fraction of sp³-hybridized carbons (Fsp3) is 0.148. The number of rotatable bonds is 4. The Labute approximate surface area is 239 Å². The van der Waals surface area contributed by atoms with Crippen LogP contribution in [0.4, 0.5) is 19.0 Å². The Morgan fingerprint density at radius 1 is 1.10 bits per heavy atom. The van der Waals surface area contributed by atoms with E-state index in [0.29, 0.717) is 33.6 Å². The first-order chi connectivity index (χ1) is 20.0. The molecular formula is C27H19ClF3N5O6. The Hall–Kier alpha value is -5.11. The number of carboxylic acid groups (broad SMARTS) is 1. The second-order valence-corrected chi connectivity index (χ2v) is 9.47. The molecule has 4 aromatic rings. The number of hydrogen-bond donors (Lipinski definition) is 3. The molecule has 2 aromatic carbocycles. The summed E-state index contributed by atoms with van der Waals surface area (Å²) in [5.41, 5.74) is 2.94. The number of carboxylic acids is 1. The normalized spacial score (nSPS) is 16.0. The molecule has 0 aliphatic carbocycles. The first-order valence-corrected chi connectivity index (χ1v) is 12.5. The lowest BCUT2D eigenvalue weighted by molar-refractivity contribution is -0.192. The Kier molecular flexibility index (Phi) is 7.72. The number of anilines is 1. The largest absolute Gasteiger partial charge is 0.490 e. The highest BCUT2D eigenvalue weighted by Gasteiger charge is 2.40. The van der Waals surface area contributed by atoms with Crippen molar-refractivity contribution in [3.63, 3.8) is 0 Å². The van der Waals surface area contributed by atoms with Gasteiger partial charge in [-0.25, -0.2) is 4.79 Å². The third-order valence-electron chi connectivity index (χ3n) is 6.27. The maximum Gasteiger partial charge on any atom is 0.490 e. The first kappa shape index (κ1) is 28.4. The number of nitrogens with one attached hydrogen (secondary N) is 2. The number of carbonyl (C=O) groups is 3. The van der Waals surface area contributed by atoms with E-state index in [4.69, 9.17) is 30.8 Å². The number of ketones is 1. The van der Waals surface area contributed by atoms with Crippen molar-refractivity contribution in [2.24, 2.45) is 0 Å². The second-order valence-electron chi connectivity index (χ2n) is 9.03. The maximum absolute atomic E-state index is 13.4. The summed E-state index contributed by atoms with van der Waals surface area (Å²) in [6.07, 6.45) is -1.91. The van der Waals surface area contributed by atoms with Crippen LogP contribution in [0.15, 0.2) is 82.8 Å². The lowest BCUT2D eigenvalue weighted by atomic mass is 9.79. The zero-order chi connectivity index (χ0) is 30.0. The number of carbonyl (C=O) groups excluding carboxylic acids is 2. The molecule has 0 saturated heterocycles. The zero-order valence-corrected chi connectivity index (χ0v) is 21.9. The number of ether oxygens (including phenoxy) is 1. The molecular weight excluding hydrogens is 583 g/mol. The molecule has 2 aliphatic rings. The van der Waals surface area contributed by atoms with Crippen LogP contribution in [0.2, 0.25) is 5.02 Å². The van der Waals surface area contributed by atoms with E-state index in [1.165, 1.54) is 17.2 Å². The lowest BCUT2D eigenvalue weighted by Crippen LogP contribution is -2.45. The molecule has 15 heteroatoms. The number of aliphatic carboxylic acids is 1. The van der Waals surface area contributed by atoms with Gasteiger partial charge >= 0.3 is 12.1 Å². The molecule has 4 heterocycles. The van der Waals surface area contributed by atoms with Gasteiger partial charge in [0.25, 0.3) is 5.91 Å². The van der Waals surface area contributed by atoms with Gasteiger partial charge in [0, 0.05) is 40.0 Å². The zero-order valence-electron chi connectivity index (χ0n) is 21.2. The monoisotopic (exact) mass is 601 g/mol. The molecule has 3 N–H and O–H groups in total. The van der Waals surface area contributed by atoms with E-state index in [1.807, 2.05) is 24.3 Å². The van der Waals surface area contributed by atoms with Gasteiger partial charge in [0.2, 0.25) is 5.76 Å². The first-order valence-electron chi connectivity index (χ1n) is 12.1. The number of benzene rings is 2. The minimum absolute atomic E-state index is 0.0648. The summed E-state index contributed by atoms with van der Waals surface area (Å²) >= 11 is 5.98. The molecule has 1 unspecified atom stereocenters. The Bertz CT molecular complexity index is 1670. The smallest absolute Gasteiger partial charge is 0.475 e. The second kappa shape index (κ2) is 11.4. The number of Topliss-reactive ketones (excluding diaryl/α,β-unsaturated/α-hetero) is 1. The van der Waals surface area contributed by atoms with Gasteiger partial charge in [0.05, 0.1) is 19.3 Å². The number of fused-ring (bicyclic) bond motifs is 1. The molecule has 42 heavy (non-hydrogen) atoms. The molecule has 11 nitrogen and oxygen atoms in total. The van der Waals surface area contributed by atoms with Gasteiger partial charge in [0.15, 0.2) is 11.6 Å². The molecule has 0 saturated carbocycles. The molecule has 1 atom stereocenters. The fourth-order valence-electron chi connectivity index (χ4n) is 4.49. The predicted molar refractivity (Wildman–Crippen MR) is 140 cm³/mol. The lowest BCUT2D eigenvalue weighted by Gasteiger charge is -2.36. The van der Waals surface area contributed by atoms with E-state index in [9.17, 15) is 22.8 Å². The number of nitrogens with zero attached hydrogens (tertiary/aromatic N) is 3. The van der Waals surface area contributed by atoms with E-state index < -0.39 is 18.1 Å². The molecule has 216 valence electrons. The van der Waals surface area contributed by atoms with Crippen molar-refractivity contribution in [2.45, 2.75) is 12.1 Å². The minimum atomic E-state index is -5.08. The van der Waals surface area contributed by atoms with E-state index >= 15 is 0 Å². The van der Waals surface area contributed by atoms with Crippen molar-refractivity contribution in [2.75, 3.05) is 18.4 Å². The number of H-pyrrole nitrogens is 1. The molecule has 0 radical (unpaired) electrons. The standard InChI is InChI=1S/C25H18ClN5O4.C2HF3O2/c26-15-4-6-16(7-5-15)34-17-3-1-2-14(10-17)22-18-11-27-30-24(18)29-19-12-31(13-20(32)23(19)22)25(33)21-8-9-28-35-21;3-2(4,5)1(6)7/h1-11,22H,12-13H2,(H2,27,29,30);(H,6,7). The summed E-state index contributed by atoms with van der Waals surface area (Å²) in [6, 6.07) is 16.2. The third-order valence-corrected chi connectivity index (χ3v) is 6.52. The van der Waals surface area contributed by atoms with E-state index in [2.05, 4.69) is 20.7 Å². The number of halogens is 4. The quantitative estimate of drug-likeness (QED) is 0.293. The van der Waals surface area contributed by atoms with E-state index in [0.717, 1.165) is 11.1 Å². The summed E-state index contributed by atoms with van der Waals surface area (Å²) in [5, 5.41) is 21.8. The van der Waals surface area contributed by atoms with E-state index in [1.54, 1.807) is 30.5 Å². The molecule has 0 fully saturated rings. The van der Waals surface area contributed by atoms with Crippen molar-refractivity contribution >= 4 is 35.1 Å². The van der Waals surface area contributed by atoms with Gasteiger partial charge in [-0.2, -0.15) is 18.3 Å². The molecule has 0 bridgehead atoms. The maximum atomic E-state index is 13.4. The van der Waals surface area contributed by atoms with Crippen molar-refractivity contribution in [1.29, 1.82) is 0 Å². The SMILES string of the molecule is O=C(O)C(F)(F)F.O=C1CN(C(=O)c2ccno2)CC2=C1C(c1cccc(Oc3ccc(Cl)cc3)c1)c1c[nH]nc1N2. The number of hydrogen-bond acceptors (Lipinski definition) is 8. The van der Waals surface area contributed by atoms with Gasteiger partial charge < -0.3 is 24.6 Å². The van der Waals surface area contributed by atoms with Crippen molar-refractivity contribution in [1.82, 2.24) is 20.3 Å². The molecule has 2 aromatic heterocycles. The Morgan fingerprint density at radius 2 is 1.83 bits per heavy atom. The van der Waals surface area contributed by atoms with Crippen LogP contribution < -0.4 is 10.1 Å². The highest BCUT2D eigenvalue weighted by molar-refractivity contribution is 6.30. The average molecular weight is 602 g/mol. The number of amides is 1. The highest BCUT2D eigenvalue weighted by Crippen LogP contribution is 2.43. The van der Waals surface area contributed by atoms with Crippen LogP contribution in [0.25, 0.3) is 0 Å². The van der Waals surface area contributed by atoms with Gasteiger partial charge in [-0.3, -0.25) is 14.7 Å². The van der Waals surface area contributed by atoms with E-state index in [-0.39, 0.29) is 30.6 Å². The number of alkyl halides is 3. The highest BCUT2D eigenvalue weighted by atomic mass is 35.5. The predicted octanol–water partition coefficient (Wildman–Crippen LogP) is 5.01. The summed E-state index contributed by atoms with van der Waals surface area (Å²) in [6.45, 7) is 0.148. The van der Waals surface area contributed by atoms with Crippen LogP contribution in [0.5, 0.6) is 11.5 Å². The summed E-state index contributed by atoms with van der Waals surface area (Å²) in [5.74, 6) is -1.71. The topological polar surface area (TPSA) is 151 Å². The van der Waals surface area contributed by atoms with Crippen molar-refractivity contribution in [3.8, 4) is 11.5 Å². The van der Waals surface area contributed by atoms with Gasteiger partial charge in [0.1, 0.15) is 11.5 Å². The van der Waals surface area contributed by atoms with Gasteiger partial charge in [-0.15, -0.1) is 0 Å². The Balaban J connectivity index is 0.000000451. The molecule has 2 aliphatic heterocycles. The van der Waals surface area contributed by atoms with Crippen LogP contribution in [0.3, 0.4) is 0 Å². The van der Waals surface area contributed by atoms with Crippen LogP contribution in [0, 0.1) is 0 Å². The van der Waals surface area contributed by atoms with Crippen molar-refractivity contribution in [3.05, 3.63) is 100 Å². The number of aromatic amines is 1. The fourth-order valence-corrected chi connectivity index (χ4v) is 4.61. The summed E-state index contributed by atoms with van der Waals surface area (Å²) in [4.78, 5) is 36.6. The molecule has 0 spiro atoms. The van der Waals surface area contributed by atoms with Crippen LogP contribution in [-0.2, 0) is 9.59 Å². The summed E-state index contributed by atoms with van der Waals surface area (Å²) < 4.78 is 42.8. The number of aromatic nitrogens is 3. The molecule has 6 rings (SSSR count). The van der Waals surface area contributed by atoms with Crippen LogP contribution >= 0.6 is 11.6 Å². The van der Waals surface area contributed by atoms with Crippen LogP contribution in [0.1, 0.15) is 27.6 Å². The van der Waals surface area contributed by atoms with Crippen LogP contribution in [-0.4, -0.2) is 62.3 Å².